The van der Waals surface area contributed by atoms with Gasteiger partial charge >= 0.3 is 0 Å². The molecule has 2 aliphatic heterocycles. The largest absolute Gasteiger partial charge is 0.395 e. The van der Waals surface area contributed by atoms with E-state index in [4.69, 9.17) is 5.11 Å². The third-order valence-corrected chi connectivity index (χ3v) is 3.09. The first-order chi connectivity index (χ1) is 5.75. The molecule has 2 heterocycles. The summed E-state index contributed by atoms with van der Waals surface area (Å²) in [5.74, 6) is 0. The van der Waals surface area contributed by atoms with E-state index in [0.717, 1.165) is 19.4 Å². The van der Waals surface area contributed by atoms with Crippen molar-refractivity contribution >= 4 is 0 Å². The summed E-state index contributed by atoms with van der Waals surface area (Å²) in [5, 5.41) is 28.1. The molecule has 2 rings (SSSR count). The van der Waals surface area contributed by atoms with Crippen molar-refractivity contribution < 1.29 is 15.3 Å². The first kappa shape index (κ1) is 8.44. The zero-order chi connectivity index (χ0) is 8.72. The van der Waals surface area contributed by atoms with Crippen LogP contribution in [0.15, 0.2) is 0 Å². The summed E-state index contributed by atoms with van der Waals surface area (Å²) in [7, 11) is 0. The predicted octanol–water partition coefficient (Wildman–Crippen LogP) is -1.45. The van der Waals surface area contributed by atoms with Crippen molar-refractivity contribution in [1.29, 1.82) is 0 Å². The van der Waals surface area contributed by atoms with E-state index in [1.807, 2.05) is 4.90 Å². The number of hydrogen-bond acceptors (Lipinski definition) is 4. The predicted molar refractivity (Wildman–Crippen MR) is 42.6 cm³/mol. The van der Waals surface area contributed by atoms with Crippen LogP contribution in [0.4, 0.5) is 0 Å². The first-order valence-electron chi connectivity index (χ1n) is 4.48. The van der Waals surface area contributed by atoms with Gasteiger partial charge in [0.1, 0.15) is 0 Å². The fraction of sp³-hybridized carbons (Fsp3) is 1.00. The first-order valence-corrected chi connectivity index (χ1v) is 4.48. The van der Waals surface area contributed by atoms with Gasteiger partial charge in [-0.3, -0.25) is 4.90 Å². The third kappa shape index (κ3) is 0.992. The van der Waals surface area contributed by atoms with Gasteiger partial charge in [0.2, 0.25) is 0 Å². The third-order valence-electron chi connectivity index (χ3n) is 3.09. The molecule has 0 bridgehead atoms. The second-order valence-electron chi connectivity index (χ2n) is 3.68. The van der Waals surface area contributed by atoms with Crippen molar-refractivity contribution in [2.24, 2.45) is 0 Å². The molecule has 4 heteroatoms. The average Bonchev–Trinajstić information content (AvgIpc) is 2.59. The summed E-state index contributed by atoms with van der Waals surface area (Å²) in [6, 6.07) is -0.162. The van der Waals surface area contributed by atoms with Crippen molar-refractivity contribution in [1.82, 2.24) is 4.90 Å². The van der Waals surface area contributed by atoms with Crippen molar-refractivity contribution in [2.45, 2.75) is 37.1 Å². The number of rotatable bonds is 1. The highest BCUT2D eigenvalue weighted by Gasteiger charge is 2.48. The Morgan fingerprint density at radius 1 is 1.25 bits per heavy atom. The lowest BCUT2D eigenvalue weighted by Crippen LogP contribution is -2.38. The molecule has 0 aromatic rings. The summed E-state index contributed by atoms with van der Waals surface area (Å²) in [6.07, 6.45) is 0.574. The van der Waals surface area contributed by atoms with Crippen LogP contribution in [0.3, 0.4) is 0 Å². The smallest absolute Gasteiger partial charge is 0.0991 e. The monoisotopic (exact) mass is 173 g/mol. The van der Waals surface area contributed by atoms with E-state index in [0.29, 0.717) is 0 Å². The van der Waals surface area contributed by atoms with E-state index in [1.54, 1.807) is 0 Å². The molecule has 0 aliphatic carbocycles. The van der Waals surface area contributed by atoms with Crippen molar-refractivity contribution in [3.63, 3.8) is 0 Å². The van der Waals surface area contributed by atoms with Gasteiger partial charge in [-0.05, 0) is 19.4 Å². The van der Waals surface area contributed by atoms with E-state index >= 15 is 0 Å². The Bertz CT molecular complexity index is 174. The highest BCUT2D eigenvalue weighted by atomic mass is 16.3. The summed E-state index contributed by atoms with van der Waals surface area (Å²) in [4.78, 5) is 2.02. The van der Waals surface area contributed by atoms with Crippen LogP contribution in [-0.2, 0) is 0 Å². The van der Waals surface area contributed by atoms with Crippen molar-refractivity contribution in [3.05, 3.63) is 0 Å². The Balaban J connectivity index is 2.15. The molecule has 2 aliphatic rings. The Morgan fingerprint density at radius 2 is 2.00 bits per heavy atom. The van der Waals surface area contributed by atoms with Crippen LogP contribution in [0, 0.1) is 0 Å². The second-order valence-corrected chi connectivity index (χ2v) is 3.68. The van der Waals surface area contributed by atoms with Gasteiger partial charge in [-0.2, -0.15) is 0 Å². The van der Waals surface area contributed by atoms with Crippen molar-refractivity contribution in [3.8, 4) is 0 Å². The molecular weight excluding hydrogens is 158 g/mol. The summed E-state index contributed by atoms with van der Waals surface area (Å²) in [5.41, 5.74) is 0. The molecule has 2 saturated heterocycles. The highest BCUT2D eigenvalue weighted by molar-refractivity contribution is 5.03. The lowest BCUT2D eigenvalue weighted by Gasteiger charge is -2.21. The SMILES string of the molecule is OC[C@@H]1[C@@H](O)[C@@H](O)[C@H]2CCCN21. The number of aliphatic hydroxyl groups is 3. The molecule has 4 atom stereocenters. The van der Waals surface area contributed by atoms with Crippen molar-refractivity contribution in [2.75, 3.05) is 13.2 Å². The van der Waals surface area contributed by atoms with Gasteiger partial charge in [-0.1, -0.05) is 0 Å². The summed E-state index contributed by atoms with van der Waals surface area (Å²) in [6.45, 7) is 0.832. The maximum Gasteiger partial charge on any atom is 0.0991 e. The van der Waals surface area contributed by atoms with E-state index in [1.165, 1.54) is 0 Å². The molecule has 0 aromatic heterocycles. The molecule has 12 heavy (non-hydrogen) atoms. The molecular formula is C8H15NO3. The molecule has 0 saturated carbocycles. The fourth-order valence-corrected chi connectivity index (χ4v) is 2.46. The van der Waals surface area contributed by atoms with Gasteiger partial charge in [0.15, 0.2) is 0 Å². The Hall–Kier alpha value is -0.160. The summed E-state index contributed by atoms with van der Waals surface area (Å²) < 4.78 is 0. The zero-order valence-electron chi connectivity index (χ0n) is 6.93. The topological polar surface area (TPSA) is 63.9 Å². The van der Waals surface area contributed by atoms with Crippen LogP contribution < -0.4 is 0 Å². The number of aliphatic hydroxyl groups excluding tert-OH is 3. The van der Waals surface area contributed by atoms with Crippen LogP contribution in [-0.4, -0.2) is 57.7 Å². The van der Waals surface area contributed by atoms with Crippen LogP contribution in [0.25, 0.3) is 0 Å². The van der Waals surface area contributed by atoms with E-state index in [9.17, 15) is 10.2 Å². The molecule has 0 amide bonds. The minimum absolute atomic E-state index is 0.0608. The quantitative estimate of drug-likeness (QED) is 0.454. The van der Waals surface area contributed by atoms with E-state index in [-0.39, 0.29) is 18.7 Å². The van der Waals surface area contributed by atoms with Gasteiger partial charge in [-0.25, -0.2) is 0 Å². The Kier molecular flexibility index (Phi) is 2.08. The Labute approximate surface area is 71.4 Å². The molecule has 2 fully saturated rings. The molecule has 3 N–H and O–H groups in total. The normalized spacial score (nSPS) is 48.2. The van der Waals surface area contributed by atoms with Gasteiger partial charge in [0.25, 0.3) is 0 Å². The second kappa shape index (κ2) is 2.96. The van der Waals surface area contributed by atoms with Gasteiger partial charge < -0.3 is 15.3 Å². The molecule has 0 spiro atoms. The van der Waals surface area contributed by atoms with Crippen LogP contribution in [0.2, 0.25) is 0 Å². The molecule has 0 aromatic carbocycles. The molecule has 70 valence electrons. The van der Waals surface area contributed by atoms with Gasteiger partial charge in [0, 0.05) is 6.04 Å². The maximum absolute atomic E-state index is 9.57. The number of hydrogen-bond donors (Lipinski definition) is 3. The van der Waals surface area contributed by atoms with Gasteiger partial charge in [0.05, 0.1) is 24.9 Å². The number of fused-ring (bicyclic) bond motifs is 1. The van der Waals surface area contributed by atoms with Crippen LogP contribution >= 0.6 is 0 Å². The lowest BCUT2D eigenvalue weighted by atomic mass is 10.1. The van der Waals surface area contributed by atoms with Crippen LogP contribution in [0.1, 0.15) is 12.8 Å². The standard InChI is InChI=1S/C8H15NO3/c10-4-6-8(12)7(11)5-2-1-3-9(5)6/h5-8,10-12H,1-4H2/t5-,6-,7+,8-/m1/s1. The fourth-order valence-electron chi connectivity index (χ4n) is 2.46. The molecule has 0 radical (unpaired) electrons. The lowest BCUT2D eigenvalue weighted by molar-refractivity contribution is 0.0154. The zero-order valence-corrected chi connectivity index (χ0v) is 6.93. The number of nitrogens with zero attached hydrogens (tertiary/aromatic N) is 1. The average molecular weight is 173 g/mol. The van der Waals surface area contributed by atoms with Gasteiger partial charge in [-0.15, -0.1) is 0 Å². The molecule has 0 unspecified atom stereocenters. The van der Waals surface area contributed by atoms with E-state index < -0.39 is 12.2 Å². The summed E-state index contributed by atoms with van der Waals surface area (Å²) >= 11 is 0. The maximum atomic E-state index is 9.57. The minimum atomic E-state index is -0.764. The highest BCUT2D eigenvalue weighted by Crippen LogP contribution is 2.32. The minimum Gasteiger partial charge on any atom is -0.395 e. The van der Waals surface area contributed by atoms with E-state index in [2.05, 4.69) is 0 Å². The molecule has 4 nitrogen and oxygen atoms in total. The van der Waals surface area contributed by atoms with Crippen LogP contribution in [0.5, 0.6) is 0 Å². The Morgan fingerprint density at radius 3 is 2.67 bits per heavy atom.